The number of aromatic nitrogens is 1. The quantitative estimate of drug-likeness (QED) is 0.876. The number of hydrogen-bond acceptors (Lipinski definition) is 4. The standard InChI is InChI=1S/C12H19N3O2S/c1-8-7-18-11(14-8)6-13-12(16)15-9(2)10-4-3-5-17-10/h7,9-10H,3-6H2,1-2H3,(H2,13,15,16). The van der Waals surface area contributed by atoms with Crippen molar-refractivity contribution in [3.05, 3.63) is 16.1 Å². The summed E-state index contributed by atoms with van der Waals surface area (Å²) in [7, 11) is 0. The summed E-state index contributed by atoms with van der Waals surface area (Å²) in [5.74, 6) is 0. The third-order valence-corrected chi connectivity index (χ3v) is 3.91. The molecule has 2 N–H and O–H groups in total. The highest BCUT2D eigenvalue weighted by Crippen LogP contribution is 2.15. The Morgan fingerprint density at radius 3 is 3.17 bits per heavy atom. The van der Waals surface area contributed by atoms with E-state index in [4.69, 9.17) is 4.74 Å². The van der Waals surface area contributed by atoms with Crippen LogP contribution in [0.5, 0.6) is 0 Å². The van der Waals surface area contributed by atoms with Crippen molar-refractivity contribution in [1.82, 2.24) is 15.6 Å². The van der Waals surface area contributed by atoms with E-state index < -0.39 is 0 Å². The van der Waals surface area contributed by atoms with Crippen molar-refractivity contribution < 1.29 is 9.53 Å². The fraction of sp³-hybridized carbons (Fsp3) is 0.667. The van der Waals surface area contributed by atoms with Crippen LogP contribution in [-0.4, -0.2) is 29.8 Å². The number of aryl methyl sites for hydroxylation is 1. The summed E-state index contributed by atoms with van der Waals surface area (Å²) >= 11 is 1.56. The van der Waals surface area contributed by atoms with Crippen molar-refractivity contribution >= 4 is 17.4 Å². The second kappa shape index (κ2) is 6.15. The van der Waals surface area contributed by atoms with Gasteiger partial charge >= 0.3 is 6.03 Å². The Labute approximate surface area is 111 Å². The van der Waals surface area contributed by atoms with Gasteiger partial charge in [-0.2, -0.15) is 0 Å². The monoisotopic (exact) mass is 269 g/mol. The molecule has 2 rings (SSSR count). The minimum atomic E-state index is -0.161. The number of carbonyl (C=O) groups excluding carboxylic acids is 1. The maximum absolute atomic E-state index is 11.7. The van der Waals surface area contributed by atoms with E-state index in [0.29, 0.717) is 6.54 Å². The van der Waals surface area contributed by atoms with E-state index in [-0.39, 0.29) is 18.2 Å². The first kappa shape index (κ1) is 13.3. The van der Waals surface area contributed by atoms with Crippen molar-refractivity contribution in [2.75, 3.05) is 6.61 Å². The zero-order valence-electron chi connectivity index (χ0n) is 10.7. The number of nitrogens with zero attached hydrogens (tertiary/aromatic N) is 1. The summed E-state index contributed by atoms with van der Waals surface area (Å²) in [6.45, 7) is 5.20. The normalized spacial score (nSPS) is 20.7. The van der Waals surface area contributed by atoms with Gasteiger partial charge in [-0.1, -0.05) is 0 Å². The summed E-state index contributed by atoms with van der Waals surface area (Å²) in [6, 6.07) is -0.114. The number of nitrogens with one attached hydrogen (secondary N) is 2. The Balaban J connectivity index is 1.71. The first-order valence-corrected chi connectivity index (χ1v) is 7.10. The number of urea groups is 1. The lowest BCUT2D eigenvalue weighted by molar-refractivity contribution is 0.0860. The SMILES string of the molecule is Cc1csc(CNC(=O)NC(C)C2CCCO2)n1. The Kier molecular flexibility index (Phi) is 4.54. The molecular formula is C12H19N3O2S. The molecule has 0 saturated carbocycles. The van der Waals surface area contributed by atoms with E-state index in [9.17, 15) is 4.79 Å². The van der Waals surface area contributed by atoms with Gasteiger partial charge in [-0.3, -0.25) is 0 Å². The van der Waals surface area contributed by atoms with Gasteiger partial charge in [0.15, 0.2) is 0 Å². The average molecular weight is 269 g/mol. The molecular weight excluding hydrogens is 250 g/mol. The van der Waals surface area contributed by atoms with Crippen LogP contribution in [0.3, 0.4) is 0 Å². The Morgan fingerprint density at radius 1 is 1.72 bits per heavy atom. The highest BCUT2D eigenvalue weighted by atomic mass is 32.1. The molecule has 18 heavy (non-hydrogen) atoms. The average Bonchev–Trinajstić information content (AvgIpc) is 2.97. The number of hydrogen-bond donors (Lipinski definition) is 2. The van der Waals surface area contributed by atoms with Gasteiger partial charge in [-0.15, -0.1) is 11.3 Å². The predicted octanol–water partition coefficient (Wildman–Crippen LogP) is 1.82. The molecule has 2 atom stereocenters. The number of thiazole rings is 1. The third kappa shape index (κ3) is 3.68. The molecule has 2 heterocycles. The molecule has 100 valence electrons. The number of amides is 2. The Bertz CT molecular complexity index is 402. The first-order valence-electron chi connectivity index (χ1n) is 6.22. The highest BCUT2D eigenvalue weighted by Gasteiger charge is 2.23. The fourth-order valence-corrected chi connectivity index (χ4v) is 2.70. The first-order chi connectivity index (χ1) is 8.65. The minimum absolute atomic E-state index is 0.0468. The van der Waals surface area contributed by atoms with Gasteiger partial charge in [-0.05, 0) is 26.7 Å². The van der Waals surface area contributed by atoms with Crippen LogP contribution in [0.4, 0.5) is 4.79 Å². The molecule has 0 aromatic carbocycles. The van der Waals surface area contributed by atoms with Crippen molar-refractivity contribution in [3.8, 4) is 0 Å². The lowest BCUT2D eigenvalue weighted by atomic mass is 10.1. The van der Waals surface area contributed by atoms with E-state index in [1.807, 2.05) is 19.2 Å². The zero-order valence-corrected chi connectivity index (χ0v) is 11.5. The number of ether oxygens (including phenoxy) is 1. The molecule has 0 radical (unpaired) electrons. The smallest absolute Gasteiger partial charge is 0.315 e. The van der Waals surface area contributed by atoms with Crippen LogP contribution in [-0.2, 0) is 11.3 Å². The van der Waals surface area contributed by atoms with Crippen LogP contribution >= 0.6 is 11.3 Å². The largest absolute Gasteiger partial charge is 0.376 e. The van der Waals surface area contributed by atoms with Crippen molar-refractivity contribution in [3.63, 3.8) is 0 Å². The summed E-state index contributed by atoms with van der Waals surface area (Å²) in [5, 5.41) is 8.61. The molecule has 1 aliphatic heterocycles. The molecule has 5 nitrogen and oxygen atoms in total. The Morgan fingerprint density at radius 2 is 2.56 bits per heavy atom. The van der Waals surface area contributed by atoms with Gasteiger partial charge in [0.1, 0.15) is 5.01 Å². The number of carbonyl (C=O) groups is 1. The van der Waals surface area contributed by atoms with Crippen molar-refractivity contribution in [2.45, 2.75) is 45.4 Å². The second-order valence-corrected chi connectivity index (χ2v) is 5.49. The molecule has 1 aliphatic rings. The molecule has 2 amide bonds. The molecule has 0 aliphatic carbocycles. The van der Waals surface area contributed by atoms with E-state index in [0.717, 1.165) is 30.2 Å². The molecule has 2 unspecified atom stereocenters. The van der Waals surface area contributed by atoms with Gasteiger partial charge in [-0.25, -0.2) is 9.78 Å². The van der Waals surface area contributed by atoms with Crippen LogP contribution in [0.2, 0.25) is 0 Å². The summed E-state index contributed by atoms with van der Waals surface area (Å²) in [4.78, 5) is 16.0. The third-order valence-electron chi connectivity index (χ3n) is 2.95. The maximum Gasteiger partial charge on any atom is 0.315 e. The van der Waals surface area contributed by atoms with E-state index in [2.05, 4.69) is 15.6 Å². The molecule has 6 heteroatoms. The van der Waals surface area contributed by atoms with E-state index in [1.54, 1.807) is 11.3 Å². The molecule has 1 fully saturated rings. The van der Waals surface area contributed by atoms with E-state index >= 15 is 0 Å². The highest BCUT2D eigenvalue weighted by molar-refractivity contribution is 7.09. The fourth-order valence-electron chi connectivity index (χ4n) is 1.99. The van der Waals surface area contributed by atoms with Crippen molar-refractivity contribution in [2.24, 2.45) is 0 Å². The van der Waals surface area contributed by atoms with Crippen LogP contribution in [0.15, 0.2) is 5.38 Å². The molecule has 0 spiro atoms. The number of rotatable bonds is 4. The van der Waals surface area contributed by atoms with Crippen LogP contribution in [0.25, 0.3) is 0 Å². The molecule has 1 saturated heterocycles. The van der Waals surface area contributed by atoms with Gasteiger partial charge in [0.2, 0.25) is 0 Å². The van der Waals surface area contributed by atoms with Crippen LogP contribution in [0.1, 0.15) is 30.5 Å². The van der Waals surface area contributed by atoms with Crippen LogP contribution in [0, 0.1) is 6.92 Å². The van der Waals surface area contributed by atoms with Gasteiger partial charge in [0.25, 0.3) is 0 Å². The Hall–Kier alpha value is -1.14. The zero-order chi connectivity index (χ0) is 13.0. The maximum atomic E-state index is 11.7. The van der Waals surface area contributed by atoms with Crippen LogP contribution < -0.4 is 10.6 Å². The summed E-state index contributed by atoms with van der Waals surface area (Å²) in [6.07, 6.45) is 2.25. The molecule has 1 aromatic rings. The lowest BCUT2D eigenvalue weighted by Crippen LogP contribution is -2.45. The minimum Gasteiger partial charge on any atom is -0.376 e. The van der Waals surface area contributed by atoms with E-state index in [1.165, 1.54) is 0 Å². The summed E-state index contributed by atoms with van der Waals surface area (Å²) < 4.78 is 5.53. The lowest BCUT2D eigenvalue weighted by Gasteiger charge is -2.20. The van der Waals surface area contributed by atoms with Crippen molar-refractivity contribution in [1.29, 1.82) is 0 Å². The predicted molar refractivity (Wildman–Crippen MR) is 70.7 cm³/mol. The molecule has 1 aromatic heterocycles. The molecule has 0 bridgehead atoms. The van der Waals surface area contributed by atoms with Gasteiger partial charge < -0.3 is 15.4 Å². The topological polar surface area (TPSA) is 63.2 Å². The van der Waals surface area contributed by atoms with Gasteiger partial charge in [0.05, 0.1) is 18.7 Å². The second-order valence-electron chi connectivity index (χ2n) is 4.55. The summed E-state index contributed by atoms with van der Waals surface area (Å²) in [5.41, 5.74) is 0.991. The van der Waals surface area contributed by atoms with Gasteiger partial charge in [0, 0.05) is 17.7 Å².